The largest absolute Gasteiger partial charge is 0.497 e. The summed E-state index contributed by atoms with van der Waals surface area (Å²) in [4.78, 5) is 15.6. The van der Waals surface area contributed by atoms with Crippen molar-refractivity contribution in [2.45, 2.75) is 38.1 Å². The first-order valence-corrected chi connectivity index (χ1v) is 12.0. The Morgan fingerprint density at radius 1 is 1.03 bits per heavy atom. The molecule has 1 saturated carbocycles. The Bertz CT molecular complexity index is 1280. The average Bonchev–Trinajstić information content (AvgIpc) is 3.11. The number of carbonyl (C=O) groups excluding carboxylic acids is 1. The molecule has 1 aliphatic carbocycles. The van der Waals surface area contributed by atoms with Crippen molar-refractivity contribution in [2.75, 3.05) is 30.2 Å². The van der Waals surface area contributed by atoms with Crippen LogP contribution in [0.25, 0.3) is 5.70 Å². The Morgan fingerprint density at radius 2 is 1.66 bits per heavy atom. The van der Waals surface area contributed by atoms with Crippen LogP contribution in [0.3, 0.4) is 0 Å². The Hall–Kier alpha value is -3.93. The summed E-state index contributed by atoms with van der Waals surface area (Å²) in [6, 6.07) is 19.8. The number of ether oxygens (including phenoxy) is 2. The number of nitrogen functional groups attached to an aromatic ring is 1. The molecular formula is C29H31N3O3. The average molecular weight is 470 g/mol. The second-order valence-corrected chi connectivity index (χ2v) is 9.19. The van der Waals surface area contributed by atoms with E-state index in [9.17, 15) is 4.79 Å². The molecule has 0 atom stereocenters. The molecule has 1 spiro atoms. The van der Waals surface area contributed by atoms with Crippen LogP contribution in [0.2, 0.25) is 0 Å². The van der Waals surface area contributed by atoms with E-state index in [4.69, 9.17) is 15.2 Å². The molecule has 0 aromatic heterocycles. The maximum absolute atomic E-state index is 13.8. The number of carbonyl (C=O) groups is 1. The fraction of sp³-hybridized carbons (Fsp3) is 0.276. The van der Waals surface area contributed by atoms with Gasteiger partial charge in [0.25, 0.3) is 0 Å². The lowest BCUT2D eigenvalue weighted by Crippen LogP contribution is -2.44. The Balaban J connectivity index is 1.50. The number of anilines is 3. The third-order valence-electron chi connectivity index (χ3n) is 7.25. The van der Waals surface area contributed by atoms with Gasteiger partial charge in [0.2, 0.25) is 5.91 Å². The Morgan fingerprint density at radius 3 is 2.20 bits per heavy atom. The molecule has 0 unspecified atom stereocenters. The first kappa shape index (κ1) is 22.8. The van der Waals surface area contributed by atoms with E-state index in [1.807, 2.05) is 72.5 Å². The summed E-state index contributed by atoms with van der Waals surface area (Å²) in [5, 5.41) is 3.49. The standard InChI is InChI=1S/C29H31N3O3/c1-4-26(31-21-8-12-23(35-3)13-9-21)20-16-24-27(25(30)17-20)32(28(33)29(24)14-5-15-29)18-19-6-10-22(34-2)11-7-19/h4,6-13,16-17,31H,5,14-15,18,30H2,1-3H3/b26-4-. The number of methoxy groups -OCH3 is 2. The SMILES string of the molecule is C/C=C(\Nc1ccc(OC)cc1)c1cc(N)c2c(c1)C1(CCC1)C(=O)N2Cc1ccc(OC)cc1. The molecule has 3 aromatic rings. The van der Waals surface area contributed by atoms with E-state index in [0.29, 0.717) is 12.2 Å². The smallest absolute Gasteiger partial charge is 0.238 e. The van der Waals surface area contributed by atoms with Crippen molar-refractivity contribution in [1.82, 2.24) is 0 Å². The lowest BCUT2D eigenvalue weighted by atomic mass is 9.65. The molecule has 1 amide bonds. The molecule has 3 N–H and O–H groups in total. The van der Waals surface area contributed by atoms with Gasteiger partial charge in [-0.15, -0.1) is 0 Å². The molecule has 6 heteroatoms. The molecule has 2 aliphatic rings. The minimum Gasteiger partial charge on any atom is -0.497 e. The van der Waals surface area contributed by atoms with Gasteiger partial charge in [0, 0.05) is 16.9 Å². The van der Waals surface area contributed by atoms with Gasteiger partial charge in [0.15, 0.2) is 0 Å². The normalized spacial score (nSPS) is 16.1. The highest BCUT2D eigenvalue weighted by Crippen LogP contribution is 2.56. The van der Waals surface area contributed by atoms with Gasteiger partial charge in [-0.25, -0.2) is 0 Å². The first-order valence-electron chi connectivity index (χ1n) is 12.0. The molecule has 35 heavy (non-hydrogen) atoms. The number of hydrogen-bond donors (Lipinski definition) is 2. The van der Waals surface area contributed by atoms with Crippen LogP contribution >= 0.6 is 0 Å². The van der Waals surface area contributed by atoms with Gasteiger partial charge in [-0.1, -0.05) is 24.6 Å². The number of benzene rings is 3. The topological polar surface area (TPSA) is 76.8 Å². The van der Waals surface area contributed by atoms with Crippen LogP contribution in [0.5, 0.6) is 11.5 Å². The van der Waals surface area contributed by atoms with Gasteiger partial charge in [-0.05, 0) is 79.4 Å². The molecule has 1 heterocycles. The van der Waals surface area contributed by atoms with Crippen molar-refractivity contribution in [1.29, 1.82) is 0 Å². The number of allylic oxidation sites excluding steroid dienone is 1. The second kappa shape index (κ2) is 9.02. The first-order chi connectivity index (χ1) is 17.0. The quantitative estimate of drug-likeness (QED) is 0.432. The minimum absolute atomic E-state index is 0.156. The van der Waals surface area contributed by atoms with Crippen molar-refractivity contribution < 1.29 is 14.3 Å². The molecule has 0 saturated heterocycles. The van der Waals surface area contributed by atoms with Crippen LogP contribution in [-0.4, -0.2) is 20.1 Å². The number of fused-ring (bicyclic) bond motifs is 2. The van der Waals surface area contributed by atoms with Crippen LogP contribution < -0.4 is 25.4 Å². The molecule has 1 aliphatic heterocycles. The van der Waals surface area contributed by atoms with Gasteiger partial charge < -0.3 is 25.4 Å². The fourth-order valence-electron chi connectivity index (χ4n) is 5.17. The van der Waals surface area contributed by atoms with Gasteiger partial charge in [0.1, 0.15) is 11.5 Å². The molecule has 5 rings (SSSR count). The van der Waals surface area contributed by atoms with Crippen molar-refractivity contribution in [3.63, 3.8) is 0 Å². The molecule has 180 valence electrons. The van der Waals surface area contributed by atoms with Crippen LogP contribution in [0, 0.1) is 0 Å². The maximum Gasteiger partial charge on any atom is 0.238 e. The number of nitrogens with one attached hydrogen (secondary N) is 1. The highest BCUT2D eigenvalue weighted by molar-refractivity contribution is 6.11. The zero-order chi connectivity index (χ0) is 24.6. The predicted molar refractivity (Wildman–Crippen MR) is 141 cm³/mol. The third-order valence-corrected chi connectivity index (χ3v) is 7.25. The van der Waals surface area contributed by atoms with E-state index >= 15 is 0 Å². The van der Waals surface area contributed by atoms with Gasteiger partial charge in [-0.2, -0.15) is 0 Å². The number of rotatable bonds is 7. The summed E-state index contributed by atoms with van der Waals surface area (Å²) >= 11 is 0. The van der Waals surface area contributed by atoms with Gasteiger partial charge >= 0.3 is 0 Å². The zero-order valence-electron chi connectivity index (χ0n) is 20.4. The molecule has 3 aromatic carbocycles. The maximum atomic E-state index is 13.8. The van der Waals surface area contributed by atoms with Crippen molar-refractivity contribution in [3.8, 4) is 11.5 Å². The minimum atomic E-state index is -0.467. The molecular weight excluding hydrogens is 438 g/mol. The fourth-order valence-corrected chi connectivity index (χ4v) is 5.17. The summed E-state index contributed by atoms with van der Waals surface area (Å²) < 4.78 is 10.5. The summed E-state index contributed by atoms with van der Waals surface area (Å²) in [7, 11) is 3.30. The van der Waals surface area contributed by atoms with E-state index in [2.05, 4.69) is 11.4 Å². The number of nitrogens with zero attached hydrogens (tertiary/aromatic N) is 1. The van der Waals surface area contributed by atoms with Crippen LogP contribution in [0.15, 0.2) is 66.7 Å². The van der Waals surface area contributed by atoms with Crippen LogP contribution in [0.4, 0.5) is 17.1 Å². The number of hydrogen-bond acceptors (Lipinski definition) is 5. The summed E-state index contributed by atoms with van der Waals surface area (Å²) in [5.41, 5.74) is 12.6. The summed E-state index contributed by atoms with van der Waals surface area (Å²) in [6.07, 6.45) is 4.80. The summed E-state index contributed by atoms with van der Waals surface area (Å²) in [6.45, 7) is 2.48. The van der Waals surface area contributed by atoms with Crippen molar-refractivity contribution in [3.05, 3.63) is 83.4 Å². The Labute approximate surface area is 206 Å². The van der Waals surface area contributed by atoms with E-state index in [1.54, 1.807) is 14.2 Å². The lowest BCUT2D eigenvalue weighted by Gasteiger charge is -2.37. The third kappa shape index (κ3) is 3.89. The van der Waals surface area contributed by atoms with Crippen molar-refractivity contribution in [2.24, 2.45) is 0 Å². The zero-order valence-corrected chi connectivity index (χ0v) is 20.4. The molecule has 6 nitrogen and oxygen atoms in total. The summed E-state index contributed by atoms with van der Waals surface area (Å²) in [5.74, 6) is 1.76. The van der Waals surface area contributed by atoms with Crippen LogP contribution in [-0.2, 0) is 16.8 Å². The van der Waals surface area contributed by atoms with E-state index < -0.39 is 5.41 Å². The van der Waals surface area contributed by atoms with E-state index in [0.717, 1.165) is 64.5 Å². The molecule has 0 radical (unpaired) electrons. The van der Waals surface area contributed by atoms with E-state index in [-0.39, 0.29) is 5.91 Å². The Kier molecular flexibility index (Phi) is 5.89. The second-order valence-electron chi connectivity index (χ2n) is 9.19. The highest BCUT2D eigenvalue weighted by Gasteiger charge is 2.55. The van der Waals surface area contributed by atoms with E-state index in [1.165, 1.54) is 0 Å². The molecule has 1 fully saturated rings. The monoisotopic (exact) mass is 469 g/mol. The van der Waals surface area contributed by atoms with Crippen LogP contribution in [0.1, 0.15) is 42.9 Å². The highest BCUT2D eigenvalue weighted by atomic mass is 16.5. The number of amides is 1. The lowest BCUT2D eigenvalue weighted by molar-refractivity contribution is -0.126. The molecule has 0 bridgehead atoms. The van der Waals surface area contributed by atoms with Crippen molar-refractivity contribution >= 4 is 28.7 Å². The number of nitrogens with two attached hydrogens (primary N) is 1. The predicted octanol–water partition coefficient (Wildman–Crippen LogP) is 5.73. The van der Waals surface area contributed by atoms with Gasteiger partial charge in [-0.3, -0.25) is 4.79 Å². The van der Waals surface area contributed by atoms with Gasteiger partial charge in [0.05, 0.1) is 37.6 Å².